The molecule has 4 rings (SSSR count). The molecule has 0 saturated heterocycles. The first-order chi connectivity index (χ1) is 15.6. The number of nitrogens with zero attached hydrogens (tertiary/aromatic N) is 1. The molecule has 3 heteroatoms. The fourth-order valence-corrected chi connectivity index (χ4v) is 3.60. The van der Waals surface area contributed by atoms with Crippen molar-refractivity contribution in [2.75, 3.05) is 7.05 Å². The van der Waals surface area contributed by atoms with Crippen LogP contribution in [0.5, 0.6) is 0 Å². The Morgan fingerprint density at radius 3 is 1.94 bits per heavy atom. The summed E-state index contributed by atoms with van der Waals surface area (Å²) in [5.74, 6) is -0.394. The third-order valence-electron chi connectivity index (χ3n) is 5.32. The molecule has 0 fully saturated rings. The first-order valence-electron chi connectivity index (χ1n) is 10.5. The molecule has 4 aromatic rings. The summed E-state index contributed by atoms with van der Waals surface area (Å²) in [5.41, 5.74) is 5.42. The molecule has 0 aliphatic heterocycles. The largest absolute Gasteiger partial charge is 0.337 e. The number of carbonyl (C=O) groups is 1. The van der Waals surface area contributed by atoms with Gasteiger partial charge in [0.1, 0.15) is 5.82 Å². The summed E-state index contributed by atoms with van der Waals surface area (Å²) in [5, 5.41) is 0. The number of hydrogen-bond acceptors (Lipinski definition) is 1. The number of halogens is 1. The van der Waals surface area contributed by atoms with Gasteiger partial charge in [-0.25, -0.2) is 4.39 Å². The van der Waals surface area contributed by atoms with Crippen LogP contribution in [0.3, 0.4) is 0 Å². The van der Waals surface area contributed by atoms with E-state index in [0.717, 1.165) is 27.8 Å². The Morgan fingerprint density at radius 2 is 1.31 bits per heavy atom. The number of rotatable bonds is 6. The highest BCUT2D eigenvalue weighted by atomic mass is 19.1. The first kappa shape index (κ1) is 21.3. The highest BCUT2D eigenvalue weighted by Crippen LogP contribution is 2.25. The van der Waals surface area contributed by atoms with Gasteiger partial charge >= 0.3 is 0 Å². The summed E-state index contributed by atoms with van der Waals surface area (Å²) < 4.78 is 13.4. The normalized spacial score (nSPS) is 11.2. The van der Waals surface area contributed by atoms with Gasteiger partial charge in [0.25, 0.3) is 5.91 Å². The van der Waals surface area contributed by atoms with Crippen molar-refractivity contribution in [3.05, 3.63) is 132 Å². The third-order valence-corrected chi connectivity index (χ3v) is 5.32. The molecule has 158 valence electrons. The van der Waals surface area contributed by atoms with E-state index in [-0.39, 0.29) is 11.7 Å². The lowest BCUT2D eigenvalue weighted by Gasteiger charge is -2.20. The summed E-state index contributed by atoms with van der Waals surface area (Å²) in [6.45, 7) is 0.503. The molecule has 32 heavy (non-hydrogen) atoms. The summed E-state index contributed by atoms with van der Waals surface area (Å²) in [6, 6.07) is 34.1. The SMILES string of the molecule is CN(Cc1ccccc1)C(=O)C(=Cc1ccc(F)cc1)c1ccc(-c2ccccc2)cc1. The zero-order valence-electron chi connectivity index (χ0n) is 17.9. The fraction of sp³-hybridized carbons (Fsp3) is 0.0690. The smallest absolute Gasteiger partial charge is 0.254 e. The lowest BCUT2D eigenvalue weighted by molar-refractivity contribution is -0.124. The second-order valence-corrected chi connectivity index (χ2v) is 7.70. The average molecular weight is 422 g/mol. The fourth-order valence-electron chi connectivity index (χ4n) is 3.60. The highest BCUT2D eigenvalue weighted by molar-refractivity contribution is 6.24. The third kappa shape index (κ3) is 5.19. The molecule has 0 spiro atoms. The quantitative estimate of drug-likeness (QED) is 0.251. The molecule has 0 atom stereocenters. The van der Waals surface area contributed by atoms with Crippen molar-refractivity contribution in [2.24, 2.45) is 0 Å². The number of amides is 1. The lowest BCUT2D eigenvalue weighted by Crippen LogP contribution is -2.27. The molecule has 0 aliphatic carbocycles. The van der Waals surface area contributed by atoms with E-state index in [2.05, 4.69) is 12.1 Å². The highest BCUT2D eigenvalue weighted by Gasteiger charge is 2.17. The lowest BCUT2D eigenvalue weighted by atomic mass is 9.98. The van der Waals surface area contributed by atoms with E-state index in [9.17, 15) is 9.18 Å². The van der Waals surface area contributed by atoms with Crippen LogP contribution in [0, 0.1) is 5.82 Å². The van der Waals surface area contributed by atoms with Crippen LogP contribution in [0.4, 0.5) is 4.39 Å². The van der Waals surface area contributed by atoms with Crippen LogP contribution in [0.1, 0.15) is 16.7 Å². The molecule has 0 N–H and O–H groups in total. The topological polar surface area (TPSA) is 20.3 Å². The van der Waals surface area contributed by atoms with Crippen LogP contribution in [0.25, 0.3) is 22.8 Å². The van der Waals surface area contributed by atoms with Crippen LogP contribution in [0.15, 0.2) is 109 Å². The Bertz CT molecular complexity index is 1200. The minimum absolute atomic E-state index is 0.0920. The monoisotopic (exact) mass is 421 g/mol. The molecule has 0 aromatic heterocycles. The van der Waals surface area contributed by atoms with Crippen molar-refractivity contribution in [1.82, 2.24) is 4.90 Å². The molecule has 0 bridgehead atoms. The Labute approximate surface area is 188 Å². The van der Waals surface area contributed by atoms with Gasteiger partial charge in [-0.05, 0) is 46.0 Å². The van der Waals surface area contributed by atoms with Gasteiger partial charge in [0.2, 0.25) is 0 Å². The maximum atomic E-state index is 13.5. The van der Waals surface area contributed by atoms with E-state index in [0.29, 0.717) is 12.1 Å². The number of benzene rings is 4. The van der Waals surface area contributed by atoms with Crippen molar-refractivity contribution in [3.63, 3.8) is 0 Å². The molecule has 0 unspecified atom stereocenters. The zero-order valence-corrected chi connectivity index (χ0v) is 17.9. The minimum atomic E-state index is -0.302. The van der Waals surface area contributed by atoms with Crippen LogP contribution in [0.2, 0.25) is 0 Å². The van der Waals surface area contributed by atoms with Crippen molar-refractivity contribution in [3.8, 4) is 11.1 Å². The predicted molar refractivity (Wildman–Crippen MR) is 129 cm³/mol. The van der Waals surface area contributed by atoms with Crippen molar-refractivity contribution in [1.29, 1.82) is 0 Å². The van der Waals surface area contributed by atoms with Crippen molar-refractivity contribution in [2.45, 2.75) is 6.54 Å². The van der Waals surface area contributed by atoms with Gasteiger partial charge in [-0.2, -0.15) is 0 Å². The van der Waals surface area contributed by atoms with E-state index < -0.39 is 0 Å². The van der Waals surface area contributed by atoms with Gasteiger partial charge in [0.05, 0.1) is 0 Å². The van der Waals surface area contributed by atoms with Crippen LogP contribution >= 0.6 is 0 Å². The number of likely N-dealkylation sites (N-methyl/N-ethyl adjacent to an activating group) is 1. The van der Waals surface area contributed by atoms with Gasteiger partial charge in [-0.15, -0.1) is 0 Å². The molecular weight excluding hydrogens is 397 g/mol. The molecular formula is C29H24FNO. The van der Waals surface area contributed by atoms with Crippen LogP contribution < -0.4 is 0 Å². The van der Waals surface area contributed by atoms with E-state index in [1.807, 2.05) is 78.9 Å². The maximum absolute atomic E-state index is 13.5. The number of hydrogen-bond donors (Lipinski definition) is 0. The second-order valence-electron chi connectivity index (χ2n) is 7.70. The Balaban J connectivity index is 1.67. The van der Waals surface area contributed by atoms with Gasteiger partial charge in [-0.3, -0.25) is 4.79 Å². The summed E-state index contributed by atoms with van der Waals surface area (Å²) in [6.07, 6.45) is 1.82. The molecule has 2 nitrogen and oxygen atoms in total. The van der Waals surface area contributed by atoms with Crippen molar-refractivity contribution < 1.29 is 9.18 Å². The molecule has 0 aliphatic rings. The van der Waals surface area contributed by atoms with E-state index in [1.54, 1.807) is 24.1 Å². The standard InChI is InChI=1S/C29H24FNO/c1-31(21-23-8-4-2-5-9-23)29(32)28(20-22-12-18-27(30)19-13-22)26-16-14-25(15-17-26)24-10-6-3-7-11-24/h2-20H,21H2,1H3. The van der Waals surface area contributed by atoms with Crippen LogP contribution in [-0.4, -0.2) is 17.9 Å². The van der Waals surface area contributed by atoms with Crippen molar-refractivity contribution >= 4 is 17.6 Å². The van der Waals surface area contributed by atoms with Gasteiger partial charge in [-0.1, -0.05) is 97.1 Å². The van der Waals surface area contributed by atoms with Gasteiger partial charge in [0, 0.05) is 19.2 Å². The van der Waals surface area contributed by atoms with Gasteiger partial charge < -0.3 is 4.90 Å². The molecule has 0 heterocycles. The Morgan fingerprint density at radius 1 is 0.750 bits per heavy atom. The molecule has 1 amide bonds. The predicted octanol–water partition coefficient (Wildman–Crippen LogP) is 6.69. The first-order valence-corrected chi connectivity index (χ1v) is 10.5. The van der Waals surface area contributed by atoms with Crippen LogP contribution in [-0.2, 0) is 11.3 Å². The van der Waals surface area contributed by atoms with Gasteiger partial charge in [0.15, 0.2) is 0 Å². The Kier molecular flexibility index (Phi) is 6.57. The average Bonchev–Trinajstić information content (AvgIpc) is 2.84. The van der Waals surface area contributed by atoms with E-state index >= 15 is 0 Å². The van der Waals surface area contributed by atoms with E-state index in [1.165, 1.54) is 12.1 Å². The summed E-state index contributed by atoms with van der Waals surface area (Å²) in [4.78, 5) is 15.2. The minimum Gasteiger partial charge on any atom is -0.337 e. The molecule has 4 aromatic carbocycles. The molecule has 0 radical (unpaired) electrons. The maximum Gasteiger partial charge on any atom is 0.254 e. The Hall–Kier alpha value is -3.98. The zero-order chi connectivity index (χ0) is 22.3. The summed E-state index contributed by atoms with van der Waals surface area (Å²) in [7, 11) is 1.80. The second kappa shape index (κ2) is 9.88. The molecule has 0 saturated carbocycles. The summed E-state index contributed by atoms with van der Waals surface area (Å²) >= 11 is 0. The number of carbonyl (C=O) groups excluding carboxylic acids is 1. The van der Waals surface area contributed by atoms with E-state index in [4.69, 9.17) is 0 Å².